The number of nitrogens with zero attached hydrogens (tertiary/aromatic N) is 2. The van der Waals surface area contributed by atoms with Gasteiger partial charge in [-0.15, -0.1) is 0 Å². The second kappa shape index (κ2) is 8.34. The van der Waals surface area contributed by atoms with Crippen molar-refractivity contribution in [1.82, 2.24) is 4.98 Å². The van der Waals surface area contributed by atoms with E-state index in [0.29, 0.717) is 30.8 Å². The Bertz CT molecular complexity index is 958. The average molecular weight is 396 g/mol. The van der Waals surface area contributed by atoms with Crippen LogP contribution < -0.4 is 10.6 Å². The van der Waals surface area contributed by atoms with E-state index in [2.05, 4.69) is 20.5 Å². The van der Waals surface area contributed by atoms with Gasteiger partial charge in [0, 0.05) is 24.0 Å². The predicted octanol–water partition coefficient (Wildman–Crippen LogP) is 4.84. The number of carbonyl (C=O) groups is 1. The number of aromatic nitrogens is 1. The minimum absolute atomic E-state index is 0.158. The van der Waals surface area contributed by atoms with Gasteiger partial charge >= 0.3 is 0 Å². The highest BCUT2D eigenvalue weighted by molar-refractivity contribution is 6.04. The van der Waals surface area contributed by atoms with Crippen molar-refractivity contribution in [1.29, 1.82) is 0 Å². The number of benzene rings is 1. The van der Waals surface area contributed by atoms with Gasteiger partial charge in [0.15, 0.2) is 5.69 Å². The summed E-state index contributed by atoms with van der Waals surface area (Å²) in [4.78, 5) is 20.7. The van der Waals surface area contributed by atoms with Crippen molar-refractivity contribution in [3.8, 4) is 0 Å². The minimum Gasteiger partial charge on any atom is -0.380 e. The fourth-order valence-corrected chi connectivity index (χ4v) is 4.23. The summed E-state index contributed by atoms with van der Waals surface area (Å²) in [5, 5.41) is 7.33. The Hall–Kier alpha value is -2.72. The maximum Gasteiger partial charge on any atom is 0.227 e. The third-order valence-corrected chi connectivity index (χ3v) is 5.81. The van der Waals surface area contributed by atoms with E-state index in [-0.39, 0.29) is 30.4 Å². The quantitative estimate of drug-likeness (QED) is 0.726. The Morgan fingerprint density at radius 1 is 1.31 bits per heavy atom. The van der Waals surface area contributed by atoms with Gasteiger partial charge in [-0.1, -0.05) is 6.07 Å². The molecule has 4 atom stereocenters. The van der Waals surface area contributed by atoms with Gasteiger partial charge in [-0.05, 0) is 51.2 Å². The van der Waals surface area contributed by atoms with Crippen LogP contribution >= 0.6 is 0 Å². The van der Waals surface area contributed by atoms with Crippen molar-refractivity contribution in [3.05, 3.63) is 35.8 Å². The second-order valence-corrected chi connectivity index (χ2v) is 8.00. The lowest BCUT2D eigenvalue weighted by molar-refractivity contribution is -0.119. The van der Waals surface area contributed by atoms with Gasteiger partial charge in [0.25, 0.3) is 0 Å². The third kappa shape index (κ3) is 4.33. The van der Waals surface area contributed by atoms with Crippen molar-refractivity contribution in [2.24, 2.45) is 5.92 Å². The molecule has 2 aliphatic rings. The number of nitrogens with one attached hydrogen (secondary N) is 2. The van der Waals surface area contributed by atoms with Gasteiger partial charge in [-0.2, -0.15) is 0 Å². The van der Waals surface area contributed by atoms with Crippen molar-refractivity contribution in [3.63, 3.8) is 0 Å². The zero-order chi connectivity index (χ0) is 20.4. The van der Waals surface area contributed by atoms with Gasteiger partial charge in [0.2, 0.25) is 5.91 Å². The van der Waals surface area contributed by atoms with Gasteiger partial charge in [-0.25, -0.2) is 9.24 Å². The first kappa shape index (κ1) is 19.6. The number of alkyl halides is 1. The van der Waals surface area contributed by atoms with Crippen molar-refractivity contribution in [2.45, 2.75) is 57.3 Å². The number of anilines is 2. The summed E-state index contributed by atoms with van der Waals surface area (Å²) in [5.74, 6) is -0.484. The molecule has 1 saturated carbocycles. The molecule has 1 aliphatic heterocycles. The van der Waals surface area contributed by atoms with Crippen LogP contribution in [0.15, 0.2) is 24.4 Å². The first-order valence-electron chi connectivity index (χ1n) is 10.2. The maximum atomic E-state index is 13.5. The SMILES string of the molecule is [C-]#[N+]c1ccc2ncc(NC(=O)C3CCC(F)C3)c(N[C@@H]3CCO[C@H](C)C3)c2c1. The summed E-state index contributed by atoms with van der Waals surface area (Å²) in [5.41, 5.74) is 2.61. The normalized spacial score (nSPS) is 26.8. The summed E-state index contributed by atoms with van der Waals surface area (Å²) in [7, 11) is 0. The van der Waals surface area contributed by atoms with Crippen LogP contribution in [-0.2, 0) is 9.53 Å². The molecule has 2 unspecified atom stereocenters. The fourth-order valence-electron chi connectivity index (χ4n) is 4.23. The van der Waals surface area contributed by atoms with Crippen LogP contribution in [0.1, 0.15) is 39.0 Å². The predicted molar refractivity (Wildman–Crippen MR) is 111 cm³/mol. The van der Waals surface area contributed by atoms with Crippen LogP contribution in [0, 0.1) is 12.5 Å². The Kier molecular flexibility index (Phi) is 5.63. The number of hydrogen-bond donors (Lipinski definition) is 2. The Balaban J connectivity index is 1.68. The van der Waals surface area contributed by atoms with Crippen LogP contribution in [0.4, 0.5) is 21.5 Å². The first-order chi connectivity index (χ1) is 14.0. The summed E-state index contributed by atoms with van der Waals surface area (Å²) in [6, 6.07) is 5.54. The maximum absolute atomic E-state index is 13.5. The fraction of sp³-hybridized carbons (Fsp3) is 0.500. The molecule has 2 N–H and O–H groups in total. The smallest absolute Gasteiger partial charge is 0.227 e. The molecular formula is C22H25FN4O2. The van der Waals surface area contributed by atoms with E-state index in [1.54, 1.807) is 18.3 Å². The molecule has 4 rings (SSSR count). The van der Waals surface area contributed by atoms with E-state index < -0.39 is 6.17 Å². The van der Waals surface area contributed by atoms with E-state index in [0.717, 1.165) is 29.4 Å². The number of hydrogen-bond acceptors (Lipinski definition) is 4. The first-order valence-corrected chi connectivity index (χ1v) is 10.2. The zero-order valence-corrected chi connectivity index (χ0v) is 16.5. The molecule has 1 aliphatic carbocycles. The van der Waals surface area contributed by atoms with E-state index in [1.807, 2.05) is 13.0 Å². The van der Waals surface area contributed by atoms with E-state index in [1.165, 1.54) is 0 Å². The van der Waals surface area contributed by atoms with Crippen molar-refractivity contribution in [2.75, 3.05) is 17.2 Å². The number of fused-ring (bicyclic) bond motifs is 1. The minimum atomic E-state index is -0.900. The summed E-state index contributed by atoms with van der Waals surface area (Å²) in [6.07, 6.45) is 3.89. The lowest BCUT2D eigenvalue weighted by Crippen LogP contribution is -2.33. The molecule has 152 valence electrons. The Morgan fingerprint density at radius 3 is 2.90 bits per heavy atom. The second-order valence-electron chi connectivity index (χ2n) is 8.00. The highest BCUT2D eigenvalue weighted by atomic mass is 19.1. The number of amides is 1. The van der Waals surface area contributed by atoms with Gasteiger partial charge < -0.3 is 15.4 Å². The number of rotatable bonds is 4. The molecule has 7 heteroatoms. The van der Waals surface area contributed by atoms with Gasteiger partial charge in [0.05, 0.1) is 35.8 Å². The number of pyridine rings is 1. The molecule has 0 bridgehead atoms. The van der Waals surface area contributed by atoms with E-state index in [9.17, 15) is 9.18 Å². The zero-order valence-electron chi connectivity index (χ0n) is 16.5. The number of halogens is 1. The summed E-state index contributed by atoms with van der Waals surface area (Å²) in [6.45, 7) is 10.1. The molecule has 1 amide bonds. The molecule has 2 fully saturated rings. The lowest BCUT2D eigenvalue weighted by Gasteiger charge is -2.30. The Labute approximate surface area is 169 Å². The third-order valence-electron chi connectivity index (χ3n) is 5.81. The molecule has 2 heterocycles. The molecule has 29 heavy (non-hydrogen) atoms. The van der Waals surface area contributed by atoms with E-state index in [4.69, 9.17) is 11.3 Å². The summed E-state index contributed by atoms with van der Waals surface area (Å²) >= 11 is 0. The monoisotopic (exact) mass is 396 g/mol. The van der Waals surface area contributed by atoms with Crippen LogP contribution in [0.5, 0.6) is 0 Å². The van der Waals surface area contributed by atoms with Crippen LogP contribution in [0.3, 0.4) is 0 Å². The lowest BCUT2D eigenvalue weighted by atomic mass is 10.0. The molecular weight excluding hydrogens is 371 g/mol. The van der Waals surface area contributed by atoms with Crippen LogP contribution in [0.2, 0.25) is 0 Å². The van der Waals surface area contributed by atoms with Crippen LogP contribution in [0.25, 0.3) is 15.7 Å². The number of ether oxygens (including phenoxy) is 1. The highest BCUT2D eigenvalue weighted by Gasteiger charge is 2.30. The topological polar surface area (TPSA) is 67.6 Å². The van der Waals surface area contributed by atoms with Crippen molar-refractivity contribution < 1.29 is 13.9 Å². The Morgan fingerprint density at radius 2 is 2.17 bits per heavy atom. The highest BCUT2D eigenvalue weighted by Crippen LogP contribution is 2.36. The largest absolute Gasteiger partial charge is 0.380 e. The standard InChI is InChI=1S/C22H25FN4O2/c1-13-9-17(7-8-29-13)26-21-18-11-16(24-2)5-6-19(18)25-12-20(21)27-22(28)14-3-4-15(23)10-14/h5-6,11-15,17H,3-4,7-10H2,1H3,(H,25,26)(H,27,28)/t13-,14?,15?,17-/m1/s1. The molecule has 1 saturated heterocycles. The molecule has 2 aromatic rings. The van der Waals surface area contributed by atoms with Crippen LogP contribution in [-0.4, -0.2) is 35.8 Å². The van der Waals surface area contributed by atoms with Crippen molar-refractivity contribution >= 4 is 33.9 Å². The van der Waals surface area contributed by atoms with Gasteiger partial charge in [-0.3, -0.25) is 9.78 Å². The summed E-state index contributed by atoms with van der Waals surface area (Å²) < 4.78 is 19.2. The number of carbonyl (C=O) groups excluding carboxylic acids is 1. The molecule has 1 aromatic heterocycles. The molecule has 0 radical (unpaired) electrons. The van der Waals surface area contributed by atoms with E-state index >= 15 is 0 Å². The molecule has 6 nitrogen and oxygen atoms in total. The average Bonchev–Trinajstić information content (AvgIpc) is 3.16. The molecule has 1 aromatic carbocycles. The van der Waals surface area contributed by atoms with Gasteiger partial charge in [0.1, 0.15) is 6.17 Å². The molecule has 0 spiro atoms.